The van der Waals surface area contributed by atoms with Gasteiger partial charge in [0.25, 0.3) is 5.91 Å². The molecule has 10 heteroatoms. The van der Waals surface area contributed by atoms with E-state index in [4.69, 9.17) is 0 Å². The molecule has 182 valence electrons. The number of rotatable bonds is 13. The summed E-state index contributed by atoms with van der Waals surface area (Å²) in [4.78, 5) is 25.1. The van der Waals surface area contributed by atoms with E-state index < -0.39 is 51.8 Å². The molecule has 1 aromatic rings. The molecule has 4 N–H and O–H groups in total. The molecule has 8 nitrogen and oxygen atoms in total. The van der Waals surface area contributed by atoms with Crippen LogP contribution in [-0.2, 0) is 19.6 Å². The zero-order chi connectivity index (χ0) is 24.5. The van der Waals surface area contributed by atoms with Crippen LogP contribution in [0.2, 0.25) is 0 Å². The second-order valence-corrected chi connectivity index (χ2v) is 10.3. The quantitative estimate of drug-likeness (QED) is 0.326. The van der Waals surface area contributed by atoms with E-state index in [-0.39, 0.29) is 10.8 Å². The van der Waals surface area contributed by atoms with Crippen LogP contribution in [0.1, 0.15) is 53.9 Å². The molecule has 0 aromatic heterocycles. The van der Waals surface area contributed by atoms with Gasteiger partial charge in [-0.2, -0.15) is 4.72 Å². The van der Waals surface area contributed by atoms with E-state index in [1.54, 1.807) is 13.8 Å². The Kier molecular flexibility index (Phi) is 11.2. The van der Waals surface area contributed by atoms with Gasteiger partial charge in [-0.3, -0.25) is 9.59 Å². The Morgan fingerprint density at radius 2 is 1.66 bits per heavy atom. The molecule has 1 aromatic carbocycles. The number of sulfonamides is 1. The molecule has 0 spiro atoms. The van der Waals surface area contributed by atoms with Gasteiger partial charge in [-0.05, 0) is 48.9 Å². The number of aliphatic hydroxyl groups is 1. The van der Waals surface area contributed by atoms with E-state index >= 15 is 0 Å². The summed E-state index contributed by atoms with van der Waals surface area (Å²) in [6.07, 6.45) is 0.496. The Balaban J connectivity index is 3.00. The fraction of sp³-hybridized carbons (Fsp3) is 0.636. The molecule has 0 heterocycles. The molecule has 0 radical (unpaired) electrons. The Labute approximate surface area is 190 Å². The Bertz CT molecular complexity index is 844. The van der Waals surface area contributed by atoms with E-state index in [9.17, 15) is 27.5 Å². The number of aliphatic hydroxyl groups excluding tert-OH is 1. The monoisotopic (exact) mass is 473 g/mol. The molecule has 0 saturated carbocycles. The van der Waals surface area contributed by atoms with Gasteiger partial charge in [0.15, 0.2) is 6.10 Å². The highest BCUT2D eigenvalue weighted by Gasteiger charge is 2.33. The number of nitrogens with one attached hydrogen (secondary N) is 3. The van der Waals surface area contributed by atoms with Gasteiger partial charge in [0, 0.05) is 6.54 Å². The Hall–Kier alpha value is -2.04. The van der Waals surface area contributed by atoms with E-state index in [2.05, 4.69) is 15.4 Å². The summed E-state index contributed by atoms with van der Waals surface area (Å²) >= 11 is 0. The van der Waals surface area contributed by atoms with E-state index in [0.717, 1.165) is 37.1 Å². The molecule has 32 heavy (non-hydrogen) atoms. The largest absolute Gasteiger partial charge is 0.381 e. The molecular weight excluding hydrogens is 437 g/mol. The van der Waals surface area contributed by atoms with Crippen LogP contribution in [0.4, 0.5) is 4.39 Å². The summed E-state index contributed by atoms with van der Waals surface area (Å²) in [5, 5.41) is 15.8. The summed E-state index contributed by atoms with van der Waals surface area (Å²) in [6, 6.07) is 2.21. The van der Waals surface area contributed by atoms with E-state index in [0.29, 0.717) is 13.0 Å². The molecule has 1 rings (SSSR count). The molecule has 0 aliphatic rings. The van der Waals surface area contributed by atoms with Crippen molar-refractivity contribution < 1.29 is 27.5 Å². The second-order valence-electron chi connectivity index (χ2n) is 8.63. The number of unbranched alkanes of at least 4 members (excludes halogenated alkanes) is 1. The predicted octanol–water partition coefficient (Wildman–Crippen LogP) is 1.94. The summed E-state index contributed by atoms with van der Waals surface area (Å²) < 4.78 is 40.9. The molecule has 2 amide bonds. The van der Waals surface area contributed by atoms with Crippen LogP contribution in [0.25, 0.3) is 0 Å². The van der Waals surface area contributed by atoms with Crippen molar-refractivity contribution in [1.82, 2.24) is 15.4 Å². The summed E-state index contributed by atoms with van der Waals surface area (Å²) in [5.74, 6) is -2.19. The number of carbonyl (C=O) groups excluding carboxylic acids is 2. The molecule has 0 fully saturated rings. The van der Waals surface area contributed by atoms with Crippen molar-refractivity contribution in [2.45, 2.75) is 77.0 Å². The fourth-order valence-corrected chi connectivity index (χ4v) is 4.41. The predicted molar refractivity (Wildman–Crippen MR) is 121 cm³/mol. The van der Waals surface area contributed by atoms with E-state index in [1.807, 2.05) is 20.8 Å². The first-order chi connectivity index (χ1) is 14.9. The third-order valence-electron chi connectivity index (χ3n) is 4.89. The number of benzene rings is 1. The lowest BCUT2D eigenvalue weighted by molar-refractivity contribution is -0.133. The summed E-state index contributed by atoms with van der Waals surface area (Å²) in [7, 11) is -4.10. The van der Waals surface area contributed by atoms with Crippen LogP contribution in [0.15, 0.2) is 29.2 Å². The van der Waals surface area contributed by atoms with Gasteiger partial charge in [0.1, 0.15) is 11.9 Å². The maximum atomic E-state index is 13.1. The number of hydrogen-bond donors (Lipinski definition) is 4. The second kappa shape index (κ2) is 12.9. The minimum absolute atomic E-state index is 0.0619. The molecular formula is C22H36FN3O5S. The minimum Gasteiger partial charge on any atom is -0.381 e. The van der Waals surface area contributed by atoms with Gasteiger partial charge < -0.3 is 15.7 Å². The average molecular weight is 474 g/mol. The van der Waals surface area contributed by atoms with Crippen LogP contribution in [0.5, 0.6) is 0 Å². The zero-order valence-corrected chi connectivity index (χ0v) is 20.2. The van der Waals surface area contributed by atoms with Gasteiger partial charge in [-0.15, -0.1) is 0 Å². The van der Waals surface area contributed by atoms with Crippen LogP contribution < -0.4 is 15.4 Å². The van der Waals surface area contributed by atoms with Crippen molar-refractivity contribution in [2.24, 2.45) is 11.8 Å². The average Bonchev–Trinajstić information content (AvgIpc) is 2.70. The van der Waals surface area contributed by atoms with Crippen molar-refractivity contribution in [3.63, 3.8) is 0 Å². The van der Waals surface area contributed by atoms with Crippen molar-refractivity contribution in [3.05, 3.63) is 30.1 Å². The SMILES string of the molecule is CCCCNC(=O)C(O)[C@H](CC(C)C)NC(=O)[C@@H](NS(=O)(=O)c1ccc(F)cc1)C(C)C. The smallest absolute Gasteiger partial charge is 0.250 e. The Morgan fingerprint density at radius 3 is 2.16 bits per heavy atom. The van der Waals surface area contributed by atoms with Crippen LogP contribution >= 0.6 is 0 Å². The third-order valence-corrected chi connectivity index (χ3v) is 6.34. The number of amides is 2. The van der Waals surface area contributed by atoms with Crippen molar-refractivity contribution >= 4 is 21.8 Å². The van der Waals surface area contributed by atoms with Crippen LogP contribution in [-0.4, -0.2) is 50.1 Å². The lowest BCUT2D eigenvalue weighted by atomic mass is 9.97. The van der Waals surface area contributed by atoms with Gasteiger partial charge >= 0.3 is 0 Å². The molecule has 0 bridgehead atoms. The van der Waals surface area contributed by atoms with Crippen molar-refractivity contribution in [2.75, 3.05) is 6.54 Å². The highest BCUT2D eigenvalue weighted by atomic mass is 32.2. The first-order valence-corrected chi connectivity index (χ1v) is 12.4. The molecule has 0 saturated heterocycles. The highest BCUT2D eigenvalue weighted by Crippen LogP contribution is 2.15. The summed E-state index contributed by atoms with van der Waals surface area (Å²) in [6.45, 7) is 9.51. The van der Waals surface area contributed by atoms with Gasteiger partial charge in [-0.1, -0.05) is 41.0 Å². The lowest BCUT2D eigenvalue weighted by Crippen LogP contribution is -2.57. The zero-order valence-electron chi connectivity index (χ0n) is 19.4. The van der Waals surface area contributed by atoms with E-state index in [1.165, 1.54) is 0 Å². The molecule has 0 aliphatic carbocycles. The molecule has 0 aliphatic heterocycles. The standard InChI is InChI=1S/C22H36FN3O5S/c1-6-7-12-24-22(29)20(27)18(13-14(2)3)25-21(28)19(15(4)5)26-32(30,31)17-10-8-16(23)9-11-17/h8-11,14-15,18-20,26-27H,6-7,12-13H2,1-5H3,(H,24,29)(H,25,28)/t18-,19-,20?/m0/s1. The fourth-order valence-electron chi connectivity index (χ4n) is 3.06. The van der Waals surface area contributed by atoms with Gasteiger partial charge in [-0.25, -0.2) is 12.8 Å². The third kappa shape index (κ3) is 8.84. The van der Waals surface area contributed by atoms with Crippen LogP contribution in [0.3, 0.4) is 0 Å². The maximum Gasteiger partial charge on any atom is 0.250 e. The van der Waals surface area contributed by atoms with Gasteiger partial charge in [0.2, 0.25) is 15.9 Å². The lowest BCUT2D eigenvalue weighted by Gasteiger charge is -2.28. The molecule has 3 atom stereocenters. The number of halogens is 1. The van der Waals surface area contributed by atoms with Crippen molar-refractivity contribution in [3.8, 4) is 0 Å². The van der Waals surface area contributed by atoms with Crippen molar-refractivity contribution in [1.29, 1.82) is 0 Å². The van der Waals surface area contributed by atoms with Crippen LogP contribution in [0, 0.1) is 17.7 Å². The maximum absolute atomic E-state index is 13.1. The normalized spacial score (nSPS) is 14.8. The Morgan fingerprint density at radius 1 is 1.06 bits per heavy atom. The molecule has 1 unspecified atom stereocenters. The van der Waals surface area contributed by atoms with Gasteiger partial charge in [0.05, 0.1) is 10.9 Å². The number of hydrogen-bond acceptors (Lipinski definition) is 5. The highest BCUT2D eigenvalue weighted by molar-refractivity contribution is 7.89. The topological polar surface area (TPSA) is 125 Å². The number of carbonyl (C=O) groups is 2. The first-order valence-electron chi connectivity index (χ1n) is 10.9. The first kappa shape index (κ1) is 28.0. The minimum atomic E-state index is -4.10. The summed E-state index contributed by atoms with van der Waals surface area (Å²) in [5.41, 5.74) is 0.